The Labute approximate surface area is 98.1 Å². The minimum absolute atomic E-state index is 0.420. The quantitative estimate of drug-likeness (QED) is 0.663. The smallest absolute Gasteiger partial charge is 0.0676 e. The lowest BCUT2D eigenvalue weighted by molar-refractivity contribution is -0.199. The minimum Gasteiger partial charge on any atom is -0.390 e. The Morgan fingerprint density at radius 1 is 0.750 bits per heavy atom. The monoisotopic (exact) mass is 224 g/mol. The zero-order valence-electron chi connectivity index (χ0n) is 10.4. The molecule has 0 amide bonds. The van der Waals surface area contributed by atoms with Crippen molar-refractivity contribution in [2.45, 2.75) is 63.6 Å². The first kappa shape index (κ1) is 11.0. The van der Waals surface area contributed by atoms with E-state index in [-0.39, 0.29) is 0 Å². The highest BCUT2D eigenvalue weighted by Crippen LogP contribution is 2.57. The van der Waals surface area contributed by atoms with E-state index in [0.717, 1.165) is 32.1 Å². The Balaban J connectivity index is 1.99. The number of aliphatic hydroxyl groups is 2. The van der Waals surface area contributed by atoms with Crippen LogP contribution >= 0.6 is 0 Å². The van der Waals surface area contributed by atoms with Gasteiger partial charge in [0.1, 0.15) is 0 Å². The summed E-state index contributed by atoms with van der Waals surface area (Å²) in [6.45, 7) is 4.09. The summed E-state index contributed by atoms with van der Waals surface area (Å²) in [5.41, 5.74) is -0.933. The third kappa shape index (κ3) is 1.32. The molecule has 0 aromatic heterocycles. The SMILES string of the molecule is CC1(O)[C@@H]2CCC[C@@H]3C[C@@H]1C[C@H](C2)[C@]3(C)O. The normalized spacial score (nSPS) is 60.8. The molecule has 2 N–H and O–H groups in total. The van der Waals surface area contributed by atoms with Crippen molar-refractivity contribution in [3.8, 4) is 0 Å². The van der Waals surface area contributed by atoms with Gasteiger partial charge in [0.2, 0.25) is 0 Å². The zero-order valence-corrected chi connectivity index (χ0v) is 10.4. The van der Waals surface area contributed by atoms with Gasteiger partial charge in [-0.25, -0.2) is 0 Å². The van der Waals surface area contributed by atoms with E-state index in [4.69, 9.17) is 0 Å². The highest BCUT2D eigenvalue weighted by atomic mass is 16.3. The maximum absolute atomic E-state index is 10.7. The molecule has 4 aliphatic carbocycles. The molecule has 1 unspecified atom stereocenters. The molecule has 0 heterocycles. The van der Waals surface area contributed by atoms with Crippen LogP contribution in [0.3, 0.4) is 0 Å². The van der Waals surface area contributed by atoms with Crippen molar-refractivity contribution in [1.82, 2.24) is 0 Å². The summed E-state index contributed by atoms with van der Waals surface area (Å²) in [5.74, 6) is 1.71. The molecule has 4 rings (SSSR count). The molecule has 0 aromatic rings. The second-order valence-electron chi connectivity index (χ2n) is 6.88. The molecule has 4 fully saturated rings. The Morgan fingerprint density at radius 3 is 1.56 bits per heavy atom. The molecule has 0 radical (unpaired) electrons. The average molecular weight is 224 g/mol. The summed E-state index contributed by atoms with van der Waals surface area (Å²) in [5, 5.41) is 21.4. The number of rotatable bonds is 0. The highest BCUT2D eigenvalue weighted by Gasteiger charge is 2.57. The van der Waals surface area contributed by atoms with Gasteiger partial charge in [0.05, 0.1) is 11.2 Å². The summed E-state index contributed by atoms with van der Waals surface area (Å²) in [4.78, 5) is 0. The van der Waals surface area contributed by atoms with Gasteiger partial charge in [-0.05, 0) is 69.6 Å². The van der Waals surface area contributed by atoms with Crippen molar-refractivity contribution in [2.75, 3.05) is 0 Å². The maximum Gasteiger partial charge on any atom is 0.0676 e. The molecule has 0 aromatic carbocycles. The predicted molar refractivity (Wildman–Crippen MR) is 62.9 cm³/mol. The maximum atomic E-state index is 10.7. The summed E-state index contributed by atoms with van der Waals surface area (Å²) < 4.78 is 0. The minimum atomic E-state index is -0.467. The molecule has 6 atom stereocenters. The Hall–Kier alpha value is -0.0800. The van der Waals surface area contributed by atoms with Crippen molar-refractivity contribution in [3.63, 3.8) is 0 Å². The van der Waals surface area contributed by atoms with Crippen LogP contribution in [0.5, 0.6) is 0 Å². The third-order valence-electron chi connectivity index (χ3n) is 6.12. The molecule has 2 nitrogen and oxygen atoms in total. The van der Waals surface area contributed by atoms with Crippen LogP contribution in [0.15, 0.2) is 0 Å². The topological polar surface area (TPSA) is 40.5 Å². The van der Waals surface area contributed by atoms with Crippen LogP contribution in [0.2, 0.25) is 0 Å². The van der Waals surface area contributed by atoms with E-state index in [2.05, 4.69) is 0 Å². The van der Waals surface area contributed by atoms with Gasteiger partial charge in [0.15, 0.2) is 0 Å². The molecule has 16 heavy (non-hydrogen) atoms. The molecule has 92 valence electrons. The van der Waals surface area contributed by atoms with Crippen LogP contribution in [0.4, 0.5) is 0 Å². The van der Waals surface area contributed by atoms with Gasteiger partial charge in [0, 0.05) is 0 Å². The van der Waals surface area contributed by atoms with E-state index < -0.39 is 11.2 Å². The molecule has 4 bridgehead atoms. The molecular formula is C14H24O2. The molecule has 0 saturated heterocycles. The standard InChI is InChI=1S/C14H24O2/c1-13(15)9-4-3-5-10-7-11(13)8-12(6-9)14(10,2)16/h9-12,15-16H,3-8H2,1-2H3/t9-,10-,11-,12+,13?,14-/m1/s1. The summed E-state index contributed by atoms with van der Waals surface area (Å²) in [7, 11) is 0. The molecule has 4 aliphatic rings. The number of fused-ring (bicyclic) bond motifs is 2. The second-order valence-corrected chi connectivity index (χ2v) is 6.88. The van der Waals surface area contributed by atoms with Crippen molar-refractivity contribution < 1.29 is 10.2 Å². The van der Waals surface area contributed by atoms with Crippen LogP contribution in [0, 0.1) is 23.7 Å². The van der Waals surface area contributed by atoms with Crippen LogP contribution in [0.1, 0.15) is 52.4 Å². The van der Waals surface area contributed by atoms with Gasteiger partial charge in [-0.1, -0.05) is 6.42 Å². The molecule has 2 heteroatoms. The molecule has 4 saturated carbocycles. The fraction of sp³-hybridized carbons (Fsp3) is 1.00. The first-order valence-corrected chi connectivity index (χ1v) is 6.87. The molecule has 0 spiro atoms. The molecule has 0 aliphatic heterocycles. The van der Waals surface area contributed by atoms with Gasteiger partial charge in [-0.3, -0.25) is 0 Å². The van der Waals surface area contributed by atoms with Crippen molar-refractivity contribution in [2.24, 2.45) is 23.7 Å². The Kier molecular flexibility index (Phi) is 2.23. The first-order valence-electron chi connectivity index (χ1n) is 6.87. The molecular weight excluding hydrogens is 200 g/mol. The fourth-order valence-corrected chi connectivity index (χ4v) is 4.75. The van der Waals surface area contributed by atoms with Gasteiger partial charge in [-0.2, -0.15) is 0 Å². The predicted octanol–water partition coefficient (Wildman–Crippen LogP) is 2.33. The lowest BCUT2D eigenvalue weighted by Gasteiger charge is -2.59. The number of hydrogen-bond acceptors (Lipinski definition) is 2. The first-order chi connectivity index (χ1) is 7.42. The van der Waals surface area contributed by atoms with Gasteiger partial charge >= 0.3 is 0 Å². The van der Waals surface area contributed by atoms with Crippen LogP contribution in [-0.4, -0.2) is 21.4 Å². The fourth-order valence-electron chi connectivity index (χ4n) is 4.75. The lowest BCUT2D eigenvalue weighted by Crippen LogP contribution is -2.60. The van der Waals surface area contributed by atoms with Crippen LogP contribution < -0.4 is 0 Å². The average Bonchev–Trinajstić information content (AvgIpc) is 2.19. The van der Waals surface area contributed by atoms with E-state index >= 15 is 0 Å². The van der Waals surface area contributed by atoms with Crippen LogP contribution in [-0.2, 0) is 0 Å². The van der Waals surface area contributed by atoms with E-state index in [0.29, 0.717) is 23.7 Å². The van der Waals surface area contributed by atoms with Gasteiger partial charge in [-0.15, -0.1) is 0 Å². The summed E-state index contributed by atoms with van der Waals surface area (Å²) >= 11 is 0. The Bertz CT molecular complexity index is 255. The number of hydrogen-bond donors (Lipinski definition) is 2. The lowest BCUT2D eigenvalue weighted by atomic mass is 9.50. The van der Waals surface area contributed by atoms with Crippen molar-refractivity contribution in [3.05, 3.63) is 0 Å². The van der Waals surface area contributed by atoms with Crippen molar-refractivity contribution in [1.29, 1.82) is 0 Å². The summed E-state index contributed by atoms with van der Waals surface area (Å²) in [6, 6.07) is 0. The van der Waals surface area contributed by atoms with Crippen molar-refractivity contribution >= 4 is 0 Å². The Morgan fingerprint density at radius 2 is 1.12 bits per heavy atom. The van der Waals surface area contributed by atoms with Crippen LogP contribution in [0.25, 0.3) is 0 Å². The zero-order chi connectivity index (χ0) is 11.6. The second kappa shape index (κ2) is 3.23. The van der Waals surface area contributed by atoms with Gasteiger partial charge in [0.25, 0.3) is 0 Å². The van der Waals surface area contributed by atoms with E-state index in [1.807, 2.05) is 13.8 Å². The third-order valence-corrected chi connectivity index (χ3v) is 6.12. The largest absolute Gasteiger partial charge is 0.390 e. The van der Waals surface area contributed by atoms with E-state index in [9.17, 15) is 10.2 Å². The van der Waals surface area contributed by atoms with E-state index in [1.165, 1.54) is 6.42 Å². The van der Waals surface area contributed by atoms with E-state index in [1.54, 1.807) is 0 Å². The summed E-state index contributed by atoms with van der Waals surface area (Å²) in [6.07, 6.45) is 6.60. The highest BCUT2D eigenvalue weighted by molar-refractivity contribution is 5.07. The van der Waals surface area contributed by atoms with Gasteiger partial charge < -0.3 is 10.2 Å².